The Bertz CT molecular complexity index is 923. The molecular formula is C18H19F3IN3O2. The third kappa shape index (κ3) is 5.01. The summed E-state index contributed by atoms with van der Waals surface area (Å²) in [5.74, 6) is 0.0871. The lowest BCUT2D eigenvalue weighted by Crippen LogP contribution is -2.32. The molecule has 1 aromatic carbocycles. The van der Waals surface area contributed by atoms with Crippen LogP contribution < -0.4 is 11.2 Å². The second kappa shape index (κ2) is 8.17. The molecule has 146 valence electrons. The molecular weight excluding hydrogens is 474 g/mol. The van der Waals surface area contributed by atoms with Crippen molar-refractivity contribution in [1.29, 1.82) is 0 Å². The number of halogens is 4. The Balaban J connectivity index is 1.56. The third-order valence-corrected chi connectivity index (χ3v) is 5.57. The van der Waals surface area contributed by atoms with E-state index in [0.29, 0.717) is 16.7 Å². The van der Waals surface area contributed by atoms with E-state index in [4.69, 9.17) is 0 Å². The summed E-state index contributed by atoms with van der Waals surface area (Å²) in [6.07, 6.45) is -1.25. The van der Waals surface area contributed by atoms with E-state index in [1.807, 2.05) is 22.6 Å². The number of aromatic nitrogens is 2. The molecule has 27 heavy (non-hydrogen) atoms. The first kappa shape index (κ1) is 20.1. The second-order valence-corrected chi connectivity index (χ2v) is 7.85. The van der Waals surface area contributed by atoms with Gasteiger partial charge in [-0.2, -0.15) is 13.2 Å². The van der Waals surface area contributed by atoms with Gasteiger partial charge in [-0.15, -0.1) is 0 Å². The van der Waals surface area contributed by atoms with Crippen LogP contribution in [0.2, 0.25) is 0 Å². The zero-order chi connectivity index (χ0) is 19.6. The highest BCUT2D eigenvalue weighted by Crippen LogP contribution is 2.33. The van der Waals surface area contributed by atoms with Crippen LogP contribution in [-0.2, 0) is 12.7 Å². The number of aromatic amines is 1. The predicted octanol–water partition coefficient (Wildman–Crippen LogP) is 3.04. The summed E-state index contributed by atoms with van der Waals surface area (Å²) < 4.78 is 40.6. The maximum absolute atomic E-state index is 12.9. The molecule has 0 unspecified atom stereocenters. The van der Waals surface area contributed by atoms with Crippen molar-refractivity contribution in [3.05, 3.63) is 66.0 Å². The van der Waals surface area contributed by atoms with Gasteiger partial charge in [-0.3, -0.25) is 14.3 Å². The first-order valence-corrected chi connectivity index (χ1v) is 9.70. The van der Waals surface area contributed by atoms with Gasteiger partial charge in [-0.05, 0) is 66.1 Å². The Labute approximate surface area is 167 Å². The highest BCUT2D eigenvalue weighted by Gasteiger charge is 2.32. The summed E-state index contributed by atoms with van der Waals surface area (Å²) in [6, 6.07) is 5.56. The molecule has 1 aliphatic rings. The van der Waals surface area contributed by atoms with Crippen LogP contribution in [0.25, 0.3) is 0 Å². The summed E-state index contributed by atoms with van der Waals surface area (Å²) in [4.78, 5) is 27.6. The average molecular weight is 493 g/mol. The van der Waals surface area contributed by atoms with E-state index >= 15 is 0 Å². The van der Waals surface area contributed by atoms with Gasteiger partial charge in [-0.25, -0.2) is 4.79 Å². The smallest absolute Gasteiger partial charge is 0.303 e. The zero-order valence-electron chi connectivity index (χ0n) is 14.4. The van der Waals surface area contributed by atoms with Gasteiger partial charge in [0, 0.05) is 19.3 Å². The van der Waals surface area contributed by atoms with E-state index in [1.165, 1.54) is 22.9 Å². The van der Waals surface area contributed by atoms with Crippen LogP contribution in [0.1, 0.15) is 29.9 Å². The van der Waals surface area contributed by atoms with Crippen molar-refractivity contribution in [3.63, 3.8) is 0 Å². The van der Waals surface area contributed by atoms with Crippen LogP contribution in [-0.4, -0.2) is 34.1 Å². The maximum atomic E-state index is 12.9. The number of rotatable bonds is 5. The Morgan fingerprint density at radius 1 is 1.22 bits per heavy atom. The van der Waals surface area contributed by atoms with Crippen LogP contribution in [0.4, 0.5) is 13.2 Å². The van der Waals surface area contributed by atoms with E-state index in [9.17, 15) is 22.8 Å². The fraction of sp³-hybridized carbons (Fsp3) is 0.444. The number of alkyl halides is 3. The molecule has 1 fully saturated rings. The van der Waals surface area contributed by atoms with Gasteiger partial charge in [0.1, 0.15) is 0 Å². The lowest BCUT2D eigenvalue weighted by Gasteiger charge is -2.17. The minimum absolute atomic E-state index is 0.0871. The van der Waals surface area contributed by atoms with E-state index in [-0.39, 0.29) is 11.5 Å². The first-order valence-electron chi connectivity index (χ1n) is 8.63. The minimum Gasteiger partial charge on any atom is -0.303 e. The van der Waals surface area contributed by atoms with Crippen molar-refractivity contribution in [2.45, 2.75) is 31.5 Å². The van der Waals surface area contributed by atoms with Gasteiger partial charge in [0.05, 0.1) is 9.13 Å². The van der Waals surface area contributed by atoms with Crippen LogP contribution in [0, 0.1) is 3.57 Å². The fourth-order valence-electron chi connectivity index (χ4n) is 3.39. The average Bonchev–Trinajstić information content (AvgIpc) is 3.08. The number of H-pyrrole nitrogens is 1. The summed E-state index contributed by atoms with van der Waals surface area (Å²) in [5.41, 5.74) is -0.701. The molecule has 1 saturated heterocycles. The monoisotopic (exact) mass is 493 g/mol. The van der Waals surface area contributed by atoms with Crippen molar-refractivity contribution in [2.75, 3.05) is 19.6 Å². The number of nitrogens with one attached hydrogen (secondary N) is 1. The van der Waals surface area contributed by atoms with E-state index in [2.05, 4.69) is 9.88 Å². The Kier molecular flexibility index (Phi) is 6.09. The molecule has 1 aromatic heterocycles. The van der Waals surface area contributed by atoms with Gasteiger partial charge in [0.15, 0.2) is 0 Å². The minimum atomic E-state index is -4.32. The van der Waals surface area contributed by atoms with Crippen molar-refractivity contribution >= 4 is 22.6 Å². The van der Waals surface area contributed by atoms with Gasteiger partial charge >= 0.3 is 11.9 Å². The molecule has 1 N–H and O–H groups in total. The van der Waals surface area contributed by atoms with Crippen molar-refractivity contribution in [2.24, 2.45) is 0 Å². The van der Waals surface area contributed by atoms with E-state index in [1.54, 1.807) is 6.07 Å². The molecule has 9 heteroatoms. The van der Waals surface area contributed by atoms with Crippen LogP contribution in [0.3, 0.4) is 0 Å². The lowest BCUT2D eigenvalue weighted by molar-refractivity contribution is -0.137. The second-order valence-electron chi connectivity index (χ2n) is 6.69. The molecule has 0 radical (unpaired) electrons. The predicted molar refractivity (Wildman–Crippen MR) is 104 cm³/mol. The SMILES string of the molecule is O=c1[nH]c(=O)n(CCCN2CC[C@@H](c3cccc(C(F)(F)F)c3)C2)cc1I. The standard InChI is InChI=1S/C18H19F3IN3O2/c19-18(20,21)14-4-1-3-12(9-14)13-5-8-24(10-13)6-2-7-25-11-15(22)16(26)23-17(25)27/h1,3-4,9,11,13H,2,5-8,10H2,(H,23,26,27)/t13-/m1/s1. The fourth-order valence-corrected chi connectivity index (χ4v) is 3.86. The highest BCUT2D eigenvalue weighted by atomic mass is 127. The molecule has 0 aliphatic carbocycles. The lowest BCUT2D eigenvalue weighted by atomic mass is 9.96. The maximum Gasteiger partial charge on any atom is 0.416 e. The molecule has 0 bridgehead atoms. The number of hydrogen-bond donors (Lipinski definition) is 1. The number of benzene rings is 1. The number of hydrogen-bond acceptors (Lipinski definition) is 3. The van der Waals surface area contributed by atoms with Crippen molar-refractivity contribution in [3.8, 4) is 0 Å². The van der Waals surface area contributed by atoms with Crippen molar-refractivity contribution in [1.82, 2.24) is 14.5 Å². The summed E-state index contributed by atoms with van der Waals surface area (Å²) in [6.45, 7) is 2.76. The summed E-state index contributed by atoms with van der Waals surface area (Å²) >= 11 is 1.88. The van der Waals surface area contributed by atoms with E-state index in [0.717, 1.165) is 37.6 Å². The van der Waals surface area contributed by atoms with Gasteiger partial charge in [0.25, 0.3) is 5.56 Å². The summed E-state index contributed by atoms with van der Waals surface area (Å²) in [5, 5.41) is 0. The molecule has 3 rings (SSSR count). The normalized spacial score (nSPS) is 18.1. The quantitative estimate of drug-likeness (QED) is 0.652. The van der Waals surface area contributed by atoms with Crippen molar-refractivity contribution < 1.29 is 13.2 Å². The molecule has 1 atom stereocenters. The van der Waals surface area contributed by atoms with Crippen LogP contribution in [0.5, 0.6) is 0 Å². The zero-order valence-corrected chi connectivity index (χ0v) is 16.6. The molecule has 5 nitrogen and oxygen atoms in total. The van der Waals surface area contributed by atoms with Gasteiger partial charge in [-0.1, -0.05) is 18.2 Å². The summed E-state index contributed by atoms with van der Waals surface area (Å²) in [7, 11) is 0. The van der Waals surface area contributed by atoms with Gasteiger partial charge < -0.3 is 4.90 Å². The highest BCUT2D eigenvalue weighted by molar-refractivity contribution is 14.1. The first-order chi connectivity index (χ1) is 12.7. The number of likely N-dealkylation sites (tertiary alicyclic amines) is 1. The Morgan fingerprint density at radius 2 is 2.00 bits per heavy atom. The number of aryl methyl sites for hydroxylation is 1. The number of nitrogens with zero attached hydrogens (tertiary/aromatic N) is 2. The molecule has 2 heterocycles. The molecule has 2 aromatic rings. The Morgan fingerprint density at radius 3 is 2.74 bits per heavy atom. The van der Waals surface area contributed by atoms with E-state index < -0.39 is 17.4 Å². The molecule has 0 amide bonds. The topological polar surface area (TPSA) is 58.1 Å². The Hall–Kier alpha value is -1.62. The van der Waals surface area contributed by atoms with Crippen LogP contribution in [0.15, 0.2) is 40.1 Å². The molecule has 1 aliphatic heterocycles. The third-order valence-electron chi connectivity index (χ3n) is 4.80. The van der Waals surface area contributed by atoms with Gasteiger partial charge in [0.2, 0.25) is 0 Å². The largest absolute Gasteiger partial charge is 0.416 e. The molecule has 0 saturated carbocycles. The van der Waals surface area contributed by atoms with Crippen LogP contribution >= 0.6 is 22.6 Å². The molecule has 0 spiro atoms.